The third-order valence-electron chi connectivity index (χ3n) is 2.87. The van der Waals surface area contributed by atoms with Gasteiger partial charge in [-0.25, -0.2) is 4.98 Å². The van der Waals surface area contributed by atoms with Crippen LogP contribution in [0.3, 0.4) is 0 Å². The molecule has 4 nitrogen and oxygen atoms in total. The van der Waals surface area contributed by atoms with E-state index in [0.717, 1.165) is 12.1 Å². The second-order valence-corrected chi connectivity index (χ2v) is 5.47. The van der Waals surface area contributed by atoms with Gasteiger partial charge in [0.2, 0.25) is 11.8 Å². The number of halogens is 5. The number of carbonyl (C=O) groups is 1. The van der Waals surface area contributed by atoms with E-state index in [1.54, 1.807) is 6.92 Å². The Kier molecular flexibility index (Phi) is 5.56. The molecule has 1 aromatic carbocycles. The van der Waals surface area contributed by atoms with E-state index < -0.39 is 11.7 Å². The number of amides is 1. The first-order valence-corrected chi connectivity index (χ1v) is 7.46. The van der Waals surface area contributed by atoms with Crippen LogP contribution < -0.4 is 10.1 Å². The average Bonchev–Trinajstić information content (AvgIpc) is 2.50. The number of alkyl halides is 3. The lowest BCUT2D eigenvalue weighted by atomic mass is 10.2. The number of pyridine rings is 1. The van der Waals surface area contributed by atoms with Gasteiger partial charge in [-0.15, -0.1) is 0 Å². The minimum atomic E-state index is -4.49. The number of aromatic nitrogens is 1. The van der Waals surface area contributed by atoms with Crippen molar-refractivity contribution in [2.24, 2.45) is 0 Å². The Hall–Kier alpha value is -1.99. The first-order chi connectivity index (χ1) is 11.2. The summed E-state index contributed by atoms with van der Waals surface area (Å²) in [6.45, 7) is 1.69. The summed E-state index contributed by atoms with van der Waals surface area (Å²) < 4.78 is 42.8. The predicted molar refractivity (Wildman–Crippen MR) is 84.7 cm³/mol. The average molecular weight is 379 g/mol. The van der Waals surface area contributed by atoms with Gasteiger partial charge in [-0.3, -0.25) is 4.79 Å². The maximum Gasteiger partial charge on any atom is 0.417 e. The molecule has 0 aliphatic rings. The molecule has 0 radical (unpaired) electrons. The third kappa shape index (κ3) is 4.52. The van der Waals surface area contributed by atoms with Gasteiger partial charge in [0.25, 0.3) is 0 Å². The summed E-state index contributed by atoms with van der Waals surface area (Å²) in [5, 5.41) is 2.74. The van der Waals surface area contributed by atoms with Crippen LogP contribution in [-0.4, -0.2) is 10.9 Å². The van der Waals surface area contributed by atoms with Crippen molar-refractivity contribution < 1.29 is 22.7 Å². The molecular weight excluding hydrogens is 368 g/mol. The Morgan fingerprint density at radius 3 is 2.33 bits per heavy atom. The molecule has 9 heteroatoms. The quantitative estimate of drug-likeness (QED) is 0.758. The zero-order chi connectivity index (χ0) is 17.9. The fourth-order valence-electron chi connectivity index (χ4n) is 1.69. The molecule has 24 heavy (non-hydrogen) atoms. The maximum atomic E-state index is 12.5. The van der Waals surface area contributed by atoms with E-state index in [1.165, 1.54) is 12.1 Å². The highest BCUT2D eigenvalue weighted by Gasteiger charge is 2.30. The molecule has 0 unspecified atom stereocenters. The lowest BCUT2D eigenvalue weighted by Crippen LogP contribution is -2.09. The standard InChI is InChI=1S/C15H11Cl2F3N2O2/c1-2-12(23)22-9-5-10(16)14(11(17)6-9)24-13-4-3-8(7-21-13)15(18,19)20/h3-7H,2H2,1H3,(H,22,23). The van der Waals surface area contributed by atoms with E-state index in [0.29, 0.717) is 11.9 Å². The fourth-order valence-corrected chi connectivity index (χ4v) is 2.26. The van der Waals surface area contributed by atoms with E-state index >= 15 is 0 Å². The Bertz CT molecular complexity index is 726. The van der Waals surface area contributed by atoms with E-state index in [9.17, 15) is 18.0 Å². The molecule has 1 N–H and O–H groups in total. The topological polar surface area (TPSA) is 51.2 Å². The summed E-state index contributed by atoms with van der Waals surface area (Å²) in [7, 11) is 0. The van der Waals surface area contributed by atoms with Gasteiger partial charge in [0.05, 0.1) is 15.6 Å². The van der Waals surface area contributed by atoms with E-state index in [-0.39, 0.29) is 34.0 Å². The number of nitrogens with zero attached hydrogens (tertiary/aromatic N) is 1. The summed E-state index contributed by atoms with van der Waals surface area (Å²) in [4.78, 5) is 14.9. The lowest BCUT2D eigenvalue weighted by molar-refractivity contribution is -0.137. The van der Waals surface area contributed by atoms with Crippen LogP contribution in [0.2, 0.25) is 10.0 Å². The van der Waals surface area contributed by atoms with Crippen molar-refractivity contribution >= 4 is 34.8 Å². The zero-order valence-electron chi connectivity index (χ0n) is 12.2. The summed E-state index contributed by atoms with van der Waals surface area (Å²) in [5.41, 5.74) is -0.519. The SMILES string of the molecule is CCC(=O)Nc1cc(Cl)c(Oc2ccc(C(F)(F)F)cn2)c(Cl)c1. The van der Waals surface area contributed by atoms with Crippen LogP contribution in [0.4, 0.5) is 18.9 Å². The molecule has 128 valence electrons. The van der Waals surface area contributed by atoms with Gasteiger partial charge < -0.3 is 10.1 Å². The summed E-state index contributed by atoms with van der Waals surface area (Å²) in [6, 6.07) is 4.73. The van der Waals surface area contributed by atoms with Crippen LogP contribution in [0.5, 0.6) is 11.6 Å². The summed E-state index contributed by atoms with van der Waals surface area (Å²) in [5.74, 6) is -0.294. The predicted octanol–water partition coefficient (Wildman–Crippen LogP) is 5.55. The van der Waals surface area contributed by atoms with Gasteiger partial charge in [-0.2, -0.15) is 13.2 Å². The van der Waals surface area contributed by atoms with Gasteiger partial charge in [-0.1, -0.05) is 30.1 Å². The molecule has 0 bridgehead atoms. The largest absolute Gasteiger partial charge is 0.436 e. The second kappa shape index (κ2) is 7.27. The minimum absolute atomic E-state index is 0.0279. The van der Waals surface area contributed by atoms with Crippen LogP contribution >= 0.6 is 23.2 Å². The van der Waals surface area contributed by atoms with Crippen molar-refractivity contribution in [3.05, 3.63) is 46.1 Å². The van der Waals surface area contributed by atoms with Crippen molar-refractivity contribution in [1.82, 2.24) is 4.98 Å². The molecule has 2 aromatic rings. The smallest absolute Gasteiger partial charge is 0.417 e. The monoisotopic (exact) mass is 378 g/mol. The molecule has 2 rings (SSSR count). The Morgan fingerprint density at radius 1 is 1.25 bits per heavy atom. The third-order valence-corrected chi connectivity index (χ3v) is 3.43. The number of nitrogens with one attached hydrogen (secondary N) is 1. The Labute approximate surface area is 145 Å². The highest BCUT2D eigenvalue weighted by Crippen LogP contribution is 2.39. The van der Waals surface area contributed by atoms with Crippen molar-refractivity contribution in [3.8, 4) is 11.6 Å². The first-order valence-electron chi connectivity index (χ1n) is 6.70. The molecule has 0 atom stereocenters. The molecule has 1 aromatic heterocycles. The number of anilines is 1. The second-order valence-electron chi connectivity index (χ2n) is 4.66. The maximum absolute atomic E-state index is 12.5. The molecule has 0 aliphatic heterocycles. The van der Waals surface area contributed by atoms with Crippen LogP contribution in [0.1, 0.15) is 18.9 Å². The molecule has 0 spiro atoms. The van der Waals surface area contributed by atoms with E-state index in [4.69, 9.17) is 27.9 Å². The van der Waals surface area contributed by atoms with Gasteiger partial charge >= 0.3 is 6.18 Å². The van der Waals surface area contributed by atoms with E-state index in [2.05, 4.69) is 10.3 Å². The number of rotatable bonds is 4. The van der Waals surface area contributed by atoms with Crippen LogP contribution in [-0.2, 0) is 11.0 Å². The van der Waals surface area contributed by atoms with Crippen LogP contribution in [0.15, 0.2) is 30.5 Å². The highest BCUT2D eigenvalue weighted by atomic mass is 35.5. The Morgan fingerprint density at radius 2 is 1.88 bits per heavy atom. The number of hydrogen-bond donors (Lipinski definition) is 1. The molecule has 0 saturated carbocycles. The number of ether oxygens (including phenoxy) is 1. The number of hydrogen-bond acceptors (Lipinski definition) is 3. The molecule has 0 fully saturated rings. The van der Waals surface area contributed by atoms with Crippen molar-refractivity contribution in [2.75, 3.05) is 5.32 Å². The normalized spacial score (nSPS) is 11.2. The molecule has 1 heterocycles. The minimum Gasteiger partial charge on any atom is -0.436 e. The number of carbonyl (C=O) groups excluding carboxylic acids is 1. The van der Waals surface area contributed by atoms with Crippen LogP contribution in [0, 0.1) is 0 Å². The van der Waals surface area contributed by atoms with Crippen LogP contribution in [0.25, 0.3) is 0 Å². The van der Waals surface area contributed by atoms with Crippen molar-refractivity contribution in [3.63, 3.8) is 0 Å². The molecular formula is C15H11Cl2F3N2O2. The molecule has 1 amide bonds. The summed E-state index contributed by atoms with van der Waals surface area (Å²) >= 11 is 12.1. The zero-order valence-corrected chi connectivity index (χ0v) is 13.8. The van der Waals surface area contributed by atoms with Gasteiger partial charge in [0.1, 0.15) is 0 Å². The number of benzene rings is 1. The molecule has 0 saturated heterocycles. The molecule has 0 aliphatic carbocycles. The first kappa shape index (κ1) is 18.4. The van der Waals surface area contributed by atoms with Crippen molar-refractivity contribution in [1.29, 1.82) is 0 Å². The van der Waals surface area contributed by atoms with Gasteiger partial charge in [0, 0.05) is 24.4 Å². The fraction of sp³-hybridized carbons (Fsp3) is 0.200. The van der Waals surface area contributed by atoms with Crippen molar-refractivity contribution in [2.45, 2.75) is 19.5 Å². The highest BCUT2D eigenvalue weighted by molar-refractivity contribution is 6.37. The Balaban J connectivity index is 2.22. The lowest BCUT2D eigenvalue weighted by Gasteiger charge is -2.12. The van der Waals surface area contributed by atoms with Gasteiger partial charge in [0.15, 0.2) is 5.75 Å². The van der Waals surface area contributed by atoms with E-state index in [1.807, 2.05) is 0 Å². The summed E-state index contributed by atoms with van der Waals surface area (Å²) in [6.07, 6.45) is -3.56. The van der Waals surface area contributed by atoms with Gasteiger partial charge in [-0.05, 0) is 18.2 Å².